The van der Waals surface area contributed by atoms with E-state index in [1.807, 2.05) is 0 Å². The second-order valence-electron chi connectivity index (χ2n) is 5.85. The summed E-state index contributed by atoms with van der Waals surface area (Å²) in [5, 5.41) is 3.80. The molecule has 1 N–H and O–H groups in total. The quantitative estimate of drug-likeness (QED) is 0.758. The van der Waals surface area contributed by atoms with Gasteiger partial charge in [0.25, 0.3) is 0 Å². The Morgan fingerprint density at radius 1 is 1.05 bits per heavy atom. The lowest BCUT2D eigenvalue weighted by atomic mass is 9.84. The molecule has 0 bridgehead atoms. The minimum absolute atomic E-state index is 0.452. The number of thioether (sulfide) groups is 1. The van der Waals surface area contributed by atoms with Gasteiger partial charge in [-0.25, -0.2) is 0 Å². The first kappa shape index (κ1) is 14.9. The predicted octanol–water partition coefficient (Wildman–Crippen LogP) is 5.03. The third-order valence-electron chi connectivity index (χ3n) is 4.49. The zero-order valence-electron chi connectivity index (χ0n) is 12.5. The lowest BCUT2D eigenvalue weighted by Crippen LogP contribution is -2.36. The summed E-state index contributed by atoms with van der Waals surface area (Å²) in [4.78, 5) is 1.34. The number of hydrogen-bond donors (Lipinski definition) is 1. The molecule has 2 heteroatoms. The molecule has 19 heavy (non-hydrogen) atoms. The van der Waals surface area contributed by atoms with Crippen LogP contribution in [0.5, 0.6) is 0 Å². The molecule has 106 valence electrons. The van der Waals surface area contributed by atoms with Gasteiger partial charge in [0.15, 0.2) is 0 Å². The van der Waals surface area contributed by atoms with Gasteiger partial charge in [-0.05, 0) is 56.6 Å². The molecule has 1 aliphatic carbocycles. The molecule has 1 aromatic carbocycles. The molecule has 0 heterocycles. The van der Waals surface area contributed by atoms with Gasteiger partial charge in [0.1, 0.15) is 0 Å². The van der Waals surface area contributed by atoms with E-state index in [2.05, 4.69) is 49.7 Å². The van der Waals surface area contributed by atoms with Crippen LogP contribution in [0, 0.1) is 5.92 Å². The SMILES string of the molecule is CSc1ccc(C(C)NC(C)C2CCCCC2)cc1. The maximum atomic E-state index is 3.80. The summed E-state index contributed by atoms with van der Waals surface area (Å²) in [5.74, 6) is 0.877. The van der Waals surface area contributed by atoms with Crippen LogP contribution in [0.1, 0.15) is 57.6 Å². The lowest BCUT2D eigenvalue weighted by Gasteiger charge is -2.30. The van der Waals surface area contributed by atoms with Gasteiger partial charge in [0.2, 0.25) is 0 Å². The highest BCUT2D eigenvalue weighted by atomic mass is 32.2. The van der Waals surface area contributed by atoms with Gasteiger partial charge in [-0.3, -0.25) is 0 Å². The fourth-order valence-electron chi connectivity index (χ4n) is 3.15. The summed E-state index contributed by atoms with van der Waals surface area (Å²) in [6.07, 6.45) is 9.23. The first-order valence-electron chi connectivity index (χ1n) is 7.60. The highest BCUT2D eigenvalue weighted by molar-refractivity contribution is 7.98. The smallest absolute Gasteiger partial charge is 0.0294 e. The second-order valence-corrected chi connectivity index (χ2v) is 6.73. The Morgan fingerprint density at radius 2 is 1.68 bits per heavy atom. The van der Waals surface area contributed by atoms with E-state index in [0.29, 0.717) is 12.1 Å². The van der Waals surface area contributed by atoms with Crippen molar-refractivity contribution in [1.82, 2.24) is 5.32 Å². The zero-order chi connectivity index (χ0) is 13.7. The monoisotopic (exact) mass is 277 g/mol. The highest BCUT2D eigenvalue weighted by Gasteiger charge is 2.21. The van der Waals surface area contributed by atoms with Gasteiger partial charge in [0.05, 0.1) is 0 Å². The molecule has 2 rings (SSSR count). The van der Waals surface area contributed by atoms with Gasteiger partial charge in [-0.2, -0.15) is 0 Å². The molecule has 0 saturated heterocycles. The largest absolute Gasteiger partial charge is 0.307 e. The van der Waals surface area contributed by atoms with Gasteiger partial charge in [0, 0.05) is 17.0 Å². The minimum atomic E-state index is 0.452. The lowest BCUT2D eigenvalue weighted by molar-refractivity contribution is 0.268. The van der Waals surface area contributed by atoms with Crippen LogP contribution in [0.25, 0.3) is 0 Å². The van der Waals surface area contributed by atoms with Crippen LogP contribution in [-0.2, 0) is 0 Å². The molecule has 1 aliphatic rings. The molecule has 0 aromatic heterocycles. The molecule has 1 nitrogen and oxygen atoms in total. The summed E-state index contributed by atoms with van der Waals surface area (Å²) in [5.41, 5.74) is 1.40. The van der Waals surface area contributed by atoms with Crippen LogP contribution in [0.3, 0.4) is 0 Å². The summed E-state index contributed by atoms with van der Waals surface area (Å²) < 4.78 is 0. The van der Waals surface area contributed by atoms with Crippen molar-refractivity contribution in [2.45, 2.75) is 62.9 Å². The number of hydrogen-bond acceptors (Lipinski definition) is 2. The molecule has 1 saturated carbocycles. The Morgan fingerprint density at radius 3 is 2.26 bits per heavy atom. The van der Waals surface area contributed by atoms with Crippen molar-refractivity contribution >= 4 is 11.8 Å². The maximum absolute atomic E-state index is 3.80. The third-order valence-corrected chi connectivity index (χ3v) is 5.23. The minimum Gasteiger partial charge on any atom is -0.307 e. The van der Waals surface area contributed by atoms with Crippen molar-refractivity contribution in [1.29, 1.82) is 0 Å². The van der Waals surface area contributed by atoms with E-state index in [1.54, 1.807) is 11.8 Å². The normalized spacial score (nSPS) is 20.2. The molecule has 2 atom stereocenters. The van der Waals surface area contributed by atoms with E-state index in [4.69, 9.17) is 0 Å². The van der Waals surface area contributed by atoms with E-state index >= 15 is 0 Å². The van der Waals surface area contributed by atoms with E-state index < -0.39 is 0 Å². The van der Waals surface area contributed by atoms with Crippen molar-refractivity contribution in [2.24, 2.45) is 5.92 Å². The fraction of sp³-hybridized carbons (Fsp3) is 0.647. The molecule has 0 amide bonds. The third kappa shape index (κ3) is 4.25. The molecular formula is C17H27NS. The second kappa shape index (κ2) is 7.35. The van der Waals surface area contributed by atoms with Crippen LogP contribution in [0.2, 0.25) is 0 Å². The van der Waals surface area contributed by atoms with Gasteiger partial charge < -0.3 is 5.32 Å². The van der Waals surface area contributed by atoms with Crippen LogP contribution >= 0.6 is 11.8 Å². The number of rotatable bonds is 5. The molecule has 0 aliphatic heterocycles. The molecule has 0 radical (unpaired) electrons. The van der Waals surface area contributed by atoms with Crippen LogP contribution in [0.4, 0.5) is 0 Å². The first-order chi connectivity index (χ1) is 9.20. The fourth-order valence-corrected chi connectivity index (χ4v) is 3.56. The summed E-state index contributed by atoms with van der Waals surface area (Å²) in [6, 6.07) is 10.1. The predicted molar refractivity (Wildman–Crippen MR) is 85.8 cm³/mol. The van der Waals surface area contributed by atoms with Crippen LogP contribution in [-0.4, -0.2) is 12.3 Å². The standard InChI is InChI=1S/C17H27NS/c1-13(15-7-5-4-6-8-15)18-14(2)16-9-11-17(19-3)12-10-16/h9-15,18H,4-8H2,1-3H3. The number of nitrogens with one attached hydrogen (secondary N) is 1. The summed E-state index contributed by atoms with van der Waals surface area (Å²) >= 11 is 1.81. The Balaban J connectivity index is 1.89. The van der Waals surface area contributed by atoms with Gasteiger partial charge in [-0.1, -0.05) is 31.4 Å². The van der Waals surface area contributed by atoms with Crippen LogP contribution in [0.15, 0.2) is 29.2 Å². The Kier molecular flexibility index (Phi) is 5.77. The highest BCUT2D eigenvalue weighted by Crippen LogP contribution is 2.28. The first-order valence-corrected chi connectivity index (χ1v) is 8.83. The van der Waals surface area contributed by atoms with E-state index in [9.17, 15) is 0 Å². The number of benzene rings is 1. The zero-order valence-corrected chi connectivity index (χ0v) is 13.3. The Bertz CT molecular complexity index is 367. The van der Waals surface area contributed by atoms with E-state index in [1.165, 1.54) is 42.6 Å². The average molecular weight is 277 g/mol. The van der Waals surface area contributed by atoms with Crippen molar-refractivity contribution in [3.05, 3.63) is 29.8 Å². The maximum Gasteiger partial charge on any atom is 0.0294 e. The van der Waals surface area contributed by atoms with E-state index in [0.717, 1.165) is 5.92 Å². The van der Waals surface area contributed by atoms with Crippen LogP contribution < -0.4 is 5.32 Å². The van der Waals surface area contributed by atoms with E-state index in [-0.39, 0.29) is 0 Å². The molecule has 1 fully saturated rings. The average Bonchev–Trinajstić information content (AvgIpc) is 2.48. The Hall–Kier alpha value is -0.470. The van der Waals surface area contributed by atoms with Gasteiger partial charge >= 0.3 is 0 Å². The molecule has 1 aromatic rings. The Labute approximate surface area is 122 Å². The molecule has 2 unspecified atom stereocenters. The van der Waals surface area contributed by atoms with Crippen molar-refractivity contribution in [3.63, 3.8) is 0 Å². The van der Waals surface area contributed by atoms with Crippen molar-refractivity contribution in [2.75, 3.05) is 6.26 Å². The topological polar surface area (TPSA) is 12.0 Å². The summed E-state index contributed by atoms with van der Waals surface area (Å²) in [6.45, 7) is 4.65. The van der Waals surface area contributed by atoms with Crippen molar-refractivity contribution in [3.8, 4) is 0 Å². The van der Waals surface area contributed by atoms with Crippen molar-refractivity contribution < 1.29 is 0 Å². The van der Waals surface area contributed by atoms with Gasteiger partial charge in [-0.15, -0.1) is 11.8 Å². The summed E-state index contributed by atoms with van der Waals surface area (Å²) in [7, 11) is 0. The molecular weight excluding hydrogens is 250 g/mol. The molecule has 0 spiro atoms.